The van der Waals surface area contributed by atoms with Crippen LogP contribution in [0.5, 0.6) is 23.0 Å². The van der Waals surface area contributed by atoms with E-state index >= 15 is 0 Å². The van der Waals surface area contributed by atoms with Crippen molar-refractivity contribution in [2.75, 3.05) is 24.9 Å². The maximum atomic E-state index is 12.7. The van der Waals surface area contributed by atoms with E-state index in [1.54, 1.807) is 20.4 Å². The molecule has 0 aliphatic heterocycles. The maximum Gasteiger partial charge on any atom is 0.323 e. The van der Waals surface area contributed by atoms with E-state index in [4.69, 9.17) is 14.2 Å². The minimum absolute atomic E-state index is 0.303. The summed E-state index contributed by atoms with van der Waals surface area (Å²) in [6.07, 6.45) is 1.70. The minimum atomic E-state index is -0.303. The molecule has 7 heteroatoms. The van der Waals surface area contributed by atoms with Crippen molar-refractivity contribution < 1.29 is 19.0 Å². The molecule has 1 heterocycles. The molecule has 0 saturated heterocycles. The first-order valence-corrected chi connectivity index (χ1v) is 12.3. The van der Waals surface area contributed by atoms with Crippen LogP contribution in [0.15, 0.2) is 85.1 Å². The van der Waals surface area contributed by atoms with E-state index in [2.05, 4.69) is 29.5 Å². The third-order valence-corrected chi connectivity index (χ3v) is 6.37. The van der Waals surface area contributed by atoms with Crippen LogP contribution in [0.4, 0.5) is 16.2 Å². The van der Waals surface area contributed by atoms with Crippen molar-refractivity contribution >= 4 is 39.1 Å². The average molecular weight is 508 g/mol. The summed E-state index contributed by atoms with van der Waals surface area (Å²) < 4.78 is 17.1. The number of carbonyl (C=O) groups excluding carboxylic acids is 1. The van der Waals surface area contributed by atoms with Crippen molar-refractivity contribution in [1.82, 2.24) is 4.98 Å². The molecule has 0 bridgehead atoms. The molecular weight excluding hydrogens is 478 g/mol. The van der Waals surface area contributed by atoms with Crippen LogP contribution in [-0.4, -0.2) is 25.2 Å². The van der Waals surface area contributed by atoms with Gasteiger partial charge in [0, 0.05) is 28.7 Å². The highest BCUT2D eigenvalue weighted by Crippen LogP contribution is 2.37. The van der Waals surface area contributed by atoms with Crippen LogP contribution < -0.4 is 24.8 Å². The number of nitrogens with one attached hydrogen (secondary N) is 2. The fraction of sp³-hybridized carbons (Fsp3) is 0.161. The Labute approximate surface area is 221 Å². The van der Waals surface area contributed by atoms with Crippen LogP contribution in [0.1, 0.15) is 25.3 Å². The van der Waals surface area contributed by atoms with Gasteiger partial charge in [0.05, 0.1) is 25.4 Å². The second kappa shape index (κ2) is 10.7. The molecule has 0 unspecified atom stereocenters. The molecule has 192 valence electrons. The molecule has 4 aromatic carbocycles. The first kappa shape index (κ1) is 24.9. The zero-order chi connectivity index (χ0) is 26.6. The molecule has 0 spiro atoms. The van der Waals surface area contributed by atoms with Gasteiger partial charge in [-0.05, 0) is 65.4 Å². The molecule has 5 aromatic rings. The number of rotatable bonds is 7. The largest absolute Gasteiger partial charge is 0.493 e. The zero-order valence-electron chi connectivity index (χ0n) is 21.7. The summed E-state index contributed by atoms with van der Waals surface area (Å²) in [6, 6.07) is 24.6. The standard InChI is InChI=1S/C31H29N3O4/c1-19(2)20-8-10-22(11-9-20)33-31(35)34-26-7-5-6-21-16-23(12-13-24(21)26)38-28-14-15-32-27-18-30(37-4)29(36-3)17-25(27)28/h5-19H,1-4H3,(H2,33,34,35). The van der Waals surface area contributed by atoms with Crippen LogP contribution in [0.3, 0.4) is 0 Å². The summed E-state index contributed by atoms with van der Waals surface area (Å²) in [4.78, 5) is 17.1. The monoisotopic (exact) mass is 507 g/mol. The molecule has 7 nitrogen and oxygen atoms in total. The minimum Gasteiger partial charge on any atom is -0.493 e. The molecule has 0 atom stereocenters. The van der Waals surface area contributed by atoms with Gasteiger partial charge in [-0.2, -0.15) is 0 Å². The highest BCUT2D eigenvalue weighted by molar-refractivity contribution is 6.06. The van der Waals surface area contributed by atoms with E-state index in [-0.39, 0.29) is 6.03 Å². The lowest BCUT2D eigenvalue weighted by molar-refractivity contribution is 0.262. The Balaban J connectivity index is 1.37. The van der Waals surface area contributed by atoms with Gasteiger partial charge in [-0.1, -0.05) is 38.1 Å². The summed E-state index contributed by atoms with van der Waals surface area (Å²) in [7, 11) is 3.19. The molecule has 2 N–H and O–H groups in total. The maximum absolute atomic E-state index is 12.7. The molecule has 0 aliphatic carbocycles. The van der Waals surface area contributed by atoms with Crippen molar-refractivity contribution in [3.63, 3.8) is 0 Å². The lowest BCUT2D eigenvalue weighted by atomic mass is 10.0. The highest BCUT2D eigenvalue weighted by Gasteiger charge is 2.12. The third kappa shape index (κ3) is 5.18. The van der Waals surface area contributed by atoms with E-state index in [0.717, 1.165) is 27.4 Å². The van der Waals surface area contributed by atoms with Crippen LogP contribution in [0, 0.1) is 0 Å². The zero-order valence-corrected chi connectivity index (χ0v) is 21.7. The summed E-state index contributed by atoms with van der Waals surface area (Å²) in [5.41, 5.74) is 3.40. The van der Waals surface area contributed by atoms with Crippen molar-refractivity contribution in [1.29, 1.82) is 0 Å². The van der Waals surface area contributed by atoms with E-state index in [0.29, 0.717) is 34.6 Å². The number of ether oxygens (including phenoxy) is 3. The first-order valence-electron chi connectivity index (χ1n) is 12.3. The van der Waals surface area contributed by atoms with Crippen LogP contribution in [-0.2, 0) is 0 Å². The molecule has 0 fully saturated rings. The molecule has 1 aromatic heterocycles. The Morgan fingerprint density at radius 1 is 0.789 bits per heavy atom. The van der Waals surface area contributed by atoms with Gasteiger partial charge in [-0.25, -0.2) is 4.79 Å². The summed E-state index contributed by atoms with van der Waals surface area (Å²) >= 11 is 0. The molecule has 0 saturated carbocycles. The van der Waals surface area contributed by atoms with Gasteiger partial charge < -0.3 is 24.8 Å². The first-order chi connectivity index (χ1) is 18.4. The van der Waals surface area contributed by atoms with E-state index < -0.39 is 0 Å². The van der Waals surface area contributed by atoms with E-state index in [1.165, 1.54) is 5.56 Å². The molecule has 2 amide bonds. The molecule has 0 radical (unpaired) electrons. The predicted molar refractivity (Wildman–Crippen MR) is 152 cm³/mol. The number of urea groups is 1. The number of methoxy groups -OCH3 is 2. The Morgan fingerprint density at radius 2 is 1.55 bits per heavy atom. The van der Waals surface area contributed by atoms with Gasteiger partial charge in [0.2, 0.25) is 0 Å². The molecule has 0 aliphatic rings. The van der Waals surface area contributed by atoms with Crippen LogP contribution in [0.25, 0.3) is 21.7 Å². The van der Waals surface area contributed by atoms with Gasteiger partial charge >= 0.3 is 6.03 Å². The Kier molecular flexibility index (Phi) is 7.00. The lowest BCUT2D eigenvalue weighted by Gasteiger charge is -2.14. The highest BCUT2D eigenvalue weighted by atomic mass is 16.5. The van der Waals surface area contributed by atoms with Crippen LogP contribution in [0.2, 0.25) is 0 Å². The van der Waals surface area contributed by atoms with E-state index in [9.17, 15) is 4.79 Å². The number of anilines is 2. The fourth-order valence-electron chi connectivity index (χ4n) is 4.33. The number of amides is 2. The van der Waals surface area contributed by atoms with Crippen LogP contribution >= 0.6 is 0 Å². The molecule has 5 rings (SSSR count). The second-order valence-electron chi connectivity index (χ2n) is 9.18. The number of pyridine rings is 1. The Bertz CT molecular complexity index is 1610. The fourth-order valence-corrected chi connectivity index (χ4v) is 4.33. The van der Waals surface area contributed by atoms with Gasteiger partial charge in [0.15, 0.2) is 11.5 Å². The molecule has 38 heavy (non-hydrogen) atoms. The second-order valence-corrected chi connectivity index (χ2v) is 9.18. The van der Waals surface area contributed by atoms with Crippen molar-refractivity contribution in [2.24, 2.45) is 0 Å². The van der Waals surface area contributed by atoms with Gasteiger partial charge in [0.1, 0.15) is 11.5 Å². The Morgan fingerprint density at radius 3 is 2.29 bits per heavy atom. The smallest absolute Gasteiger partial charge is 0.323 e. The predicted octanol–water partition coefficient (Wildman–Crippen LogP) is 7.96. The SMILES string of the molecule is COc1cc2nccc(Oc3ccc4c(NC(=O)Nc5ccc(C(C)C)cc5)cccc4c3)c2cc1OC. The number of hydrogen-bond donors (Lipinski definition) is 2. The third-order valence-electron chi connectivity index (χ3n) is 6.37. The lowest BCUT2D eigenvalue weighted by Crippen LogP contribution is -2.19. The number of fused-ring (bicyclic) bond motifs is 2. The van der Waals surface area contributed by atoms with Gasteiger partial charge in [0.25, 0.3) is 0 Å². The summed E-state index contributed by atoms with van der Waals surface area (Å²) in [6.45, 7) is 4.28. The number of benzene rings is 4. The Hall–Kier alpha value is -4.78. The van der Waals surface area contributed by atoms with Crippen molar-refractivity contribution in [3.05, 3.63) is 90.6 Å². The van der Waals surface area contributed by atoms with Gasteiger partial charge in [-0.15, -0.1) is 0 Å². The number of aromatic nitrogens is 1. The topological polar surface area (TPSA) is 81.7 Å². The summed E-state index contributed by atoms with van der Waals surface area (Å²) in [5.74, 6) is 2.94. The molecular formula is C31H29N3O4. The number of carbonyl (C=O) groups is 1. The normalized spacial score (nSPS) is 11.0. The van der Waals surface area contributed by atoms with E-state index in [1.807, 2.05) is 78.9 Å². The van der Waals surface area contributed by atoms with Gasteiger partial charge in [-0.3, -0.25) is 4.98 Å². The average Bonchev–Trinajstić information content (AvgIpc) is 2.92. The number of hydrogen-bond acceptors (Lipinski definition) is 5. The summed E-state index contributed by atoms with van der Waals surface area (Å²) in [5, 5.41) is 8.50. The van der Waals surface area contributed by atoms with Crippen molar-refractivity contribution in [3.8, 4) is 23.0 Å². The van der Waals surface area contributed by atoms with Crippen molar-refractivity contribution in [2.45, 2.75) is 19.8 Å². The number of nitrogens with zero attached hydrogens (tertiary/aromatic N) is 1. The quantitative estimate of drug-likeness (QED) is 0.233.